The molecule has 5 rings (SSSR count). The highest BCUT2D eigenvalue weighted by Gasteiger charge is 2.44. The minimum atomic E-state index is -0.656. The molecule has 2 aliphatic rings. The minimum absolute atomic E-state index is 0.0199. The second-order valence-electron chi connectivity index (χ2n) is 12.1. The summed E-state index contributed by atoms with van der Waals surface area (Å²) in [6.07, 6.45) is 3.02. The SMILES string of the molecule is Cc1ccc(OCc2ccc(C(=O)N(C)CC(=O)N(C)C)cc2C)c(-c2csc(N3C[C@H]4CCC[C@@H](C3)C4C(=O)O)n2)c1. The number of ether oxygens (including phenoxy) is 1. The Morgan fingerprint density at radius 1 is 1.05 bits per heavy atom. The first-order chi connectivity index (χ1) is 20.5. The smallest absolute Gasteiger partial charge is 0.307 e. The van der Waals surface area contributed by atoms with E-state index in [4.69, 9.17) is 9.72 Å². The number of nitrogens with zero attached hydrogens (tertiary/aromatic N) is 4. The molecule has 1 aliphatic heterocycles. The number of fused-ring (bicyclic) bond motifs is 2. The van der Waals surface area contributed by atoms with Crippen molar-refractivity contribution in [2.24, 2.45) is 17.8 Å². The largest absolute Gasteiger partial charge is 0.488 e. The molecule has 0 radical (unpaired) electrons. The van der Waals surface area contributed by atoms with E-state index in [2.05, 4.69) is 16.3 Å². The van der Waals surface area contributed by atoms with E-state index in [1.807, 2.05) is 38.1 Å². The van der Waals surface area contributed by atoms with E-state index in [9.17, 15) is 19.5 Å². The summed E-state index contributed by atoms with van der Waals surface area (Å²) in [5, 5.41) is 12.8. The number of rotatable bonds is 9. The van der Waals surface area contributed by atoms with Gasteiger partial charge in [-0.05, 0) is 73.9 Å². The van der Waals surface area contributed by atoms with Gasteiger partial charge in [-0.25, -0.2) is 4.98 Å². The number of hydrogen-bond donors (Lipinski definition) is 1. The maximum Gasteiger partial charge on any atom is 0.307 e. The molecule has 9 nitrogen and oxygen atoms in total. The van der Waals surface area contributed by atoms with Crippen molar-refractivity contribution in [2.75, 3.05) is 45.7 Å². The van der Waals surface area contributed by atoms with Crippen LogP contribution in [0.3, 0.4) is 0 Å². The number of carboxylic acids is 1. The molecule has 2 heterocycles. The predicted molar refractivity (Wildman–Crippen MR) is 168 cm³/mol. The highest BCUT2D eigenvalue weighted by Crippen LogP contribution is 2.43. The van der Waals surface area contributed by atoms with Crippen LogP contribution in [-0.2, 0) is 16.2 Å². The molecular formula is C33H40N4O5S. The van der Waals surface area contributed by atoms with E-state index >= 15 is 0 Å². The monoisotopic (exact) mass is 604 g/mol. The third-order valence-electron chi connectivity index (χ3n) is 8.72. The number of benzene rings is 2. The van der Waals surface area contributed by atoms with Crippen LogP contribution in [0.5, 0.6) is 5.75 Å². The molecule has 10 heteroatoms. The lowest BCUT2D eigenvalue weighted by molar-refractivity contribution is -0.148. The number of carboxylic acid groups (broad SMARTS) is 1. The summed E-state index contributed by atoms with van der Waals surface area (Å²) in [7, 11) is 4.97. The summed E-state index contributed by atoms with van der Waals surface area (Å²) in [6.45, 7) is 5.81. The Kier molecular flexibility index (Phi) is 9.05. The molecule has 1 saturated heterocycles. The molecule has 2 fully saturated rings. The normalized spacial score (nSPS) is 19.6. The molecule has 1 saturated carbocycles. The molecule has 1 aliphatic carbocycles. The van der Waals surface area contributed by atoms with Crippen LogP contribution in [0.1, 0.15) is 46.3 Å². The fourth-order valence-electron chi connectivity index (χ4n) is 6.28. The van der Waals surface area contributed by atoms with E-state index in [0.717, 1.165) is 71.2 Å². The fraction of sp³-hybridized carbons (Fsp3) is 0.455. The van der Waals surface area contributed by atoms with Gasteiger partial charge in [0.2, 0.25) is 5.91 Å². The van der Waals surface area contributed by atoms with E-state index in [1.165, 1.54) is 9.80 Å². The number of piperidine rings is 1. The average molecular weight is 605 g/mol. The van der Waals surface area contributed by atoms with Crippen molar-refractivity contribution in [3.8, 4) is 17.0 Å². The standard InChI is InChI=1S/C33H40N4O5S/c1-20-9-12-28(42-18-25-11-10-22(14-21(25)2)31(39)36(5)17-29(38)35(3)4)26(13-20)27-19-43-33(34-27)37-15-23-7-6-8-24(16-37)30(23)32(40)41/h9-14,19,23-24,30H,6-8,15-18H2,1-5H3,(H,40,41)/t23-,24+,30?. The Labute approximate surface area is 257 Å². The van der Waals surface area contributed by atoms with Crippen LogP contribution >= 0.6 is 11.3 Å². The summed E-state index contributed by atoms with van der Waals surface area (Å²) in [4.78, 5) is 47.0. The molecule has 0 spiro atoms. The molecule has 1 N–H and O–H groups in total. The quantitative estimate of drug-likeness (QED) is 0.362. The van der Waals surface area contributed by atoms with Gasteiger partial charge in [0.1, 0.15) is 12.4 Å². The lowest BCUT2D eigenvalue weighted by atomic mass is 9.69. The zero-order valence-corrected chi connectivity index (χ0v) is 26.3. The van der Waals surface area contributed by atoms with Crippen LogP contribution in [0.2, 0.25) is 0 Å². The summed E-state index contributed by atoms with van der Waals surface area (Å²) >= 11 is 1.59. The van der Waals surface area contributed by atoms with Gasteiger partial charge in [0.25, 0.3) is 5.91 Å². The molecule has 3 aromatic rings. The van der Waals surface area contributed by atoms with Crippen LogP contribution in [0.25, 0.3) is 11.3 Å². The van der Waals surface area contributed by atoms with Gasteiger partial charge in [-0.1, -0.05) is 24.1 Å². The van der Waals surface area contributed by atoms with Crippen molar-refractivity contribution in [3.05, 3.63) is 64.0 Å². The highest BCUT2D eigenvalue weighted by molar-refractivity contribution is 7.14. The van der Waals surface area contributed by atoms with Gasteiger partial charge in [-0.3, -0.25) is 14.4 Å². The van der Waals surface area contributed by atoms with E-state index in [0.29, 0.717) is 12.2 Å². The Morgan fingerprint density at radius 3 is 2.42 bits per heavy atom. The number of anilines is 1. The number of amides is 2. The van der Waals surface area contributed by atoms with Crippen LogP contribution in [-0.4, -0.2) is 78.5 Å². The first-order valence-electron chi connectivity index (χ1n) is 14.7. The van der Waals surface area contributed by atoms with E-state index in [-0.39, 0.29) is 36.1 Å². The molecule has 43 heavy (non-hydrogen) atoms. The van der Waals surface area contributed by atoms with E-state index in [1.54, 1.807) is 38.5 Å². The molecule has 1 aromatic heterocycles. The Hall–Kier alpha value is -3.92. The van der Waals surface area contributed by atoms with Crippen LogP contribution in [0.4, 0.5) is 5.13 Å². The van der Waals surface area contributed by atoms with Crippen molar-refractivity contribution in [3.63, 3.8) is 0 Å². The van der Waals surface area contributed by atoms with Crippen LogP contribution in [0.15, 0.2) is 41.8 Å². The van der Waals surface area contributed by atoms with Crippen LogP contribution < -0.4 is 9.64 Å². The van der Waals surface area contributed by atoms with Gasteiger partial charge in [-0.15, -0.1) is 11.3 Å². The Morgan fingerprint density at radius 2 is 1.77 bits per heavy atom. The second-order valence-corrected chi connectivity index (χ2v) is 13.0. The first-order valence-corrected chi connectivity index (χ1v) is 15.6. The molecule has 228 valence electrons. The van der Waals surface area contributed by atoms with Crippen molar-refractivity contribution < 1.29 is 24.2 Å². The van der Waals surface area contributed by atoms with Gasteiger partial charge in [0.05, 0.1) is 18.2 Å². The lowest BCUT2D eigenvalue weighted by Crippen LogP contribution is -2.51. The van der Waals surface area contributed by atoms with Gasteiger partial charge in [0.15, 0.2) is 5.13 Å². The Bertz CT molecular complexity index is 1500. The minimum Gasteiger partial charge on any atom is -0.488 e. The molecule has 2 bridgehead atoms. The summed E-state index contributed by atoms with van der Waals surface area (Å²) in [5.41, 5.74) is 5.28. The Balaban J connectivity index is 1.29. The van der Waals surface area contributed by atoms with Crippen molar-refractivity contribution in [1.29, 1.82) is 0 Å². The lowest BCUT2D eigenvalue weighted by Gasteiger charge is -2.45. The number of carbonyl (C=O) groups is 3. The summed E-state index contributed by atoms with van der Waals surface area (Å²) in [6, 6.07) is 11.6. The number of hydrogen-bond acceptors (Lipinski definition) is 7. The molecule has 2 amide bonds. The van der Waals surface area contributed by atoms with Crippen molar-refractivity contribution >= 4 is 34.3 Å². The van der Waals surface area contributed by atoms with Crippen molar-refractivity contribution in [2.45, 2.75) is 39.7 Å². The van der Waals surface area contributed by atoms with Crippen LogP contribution in [0, 0.1) is 31.6 Å². The zero-order valence-electron chi connectivity index (χ0n) is 25.5. The molecule has 2 aromatic carbocycles. The fourth-order valence-corrected chi connectivity index (χ4v) is 7.13. The topological polar surface area (TPSA) is 103 Å². The maximum absolute atomic E-state index is 12.9. The van der Waals surface area contributed by atoms with Gasteiger partial charge < -0.3 is 24.5 Å². The molecule has 3 atom stereocenters. The highest BCUT2D eigenvalue weighted by atomic mass is 32.1. The number of carbonyl (C=O) groups excluding carboxylic acids is 2. The van der Waals surface area contributed by atoms with Gasteiger partial charge >= 0.3 is 5.97 Å². The number of aromatic nitrogens is 1. The number of aryl methyl sites for hydroxylation is 2. The summed E-state index contributed by atoms with van der Waals surface area (Å²) in [5.74, 6) is -0.181. The predicted octanol–water partition coefficient (Wildman–Crippen LogP) is 5.10. The number of likely N-dealkylation sites (N-methyl/N-ethyl adjacent to an activating group) is 2. The zero-order chi connectivity index (χ0) is 30.8. The first kappa shape index (κ1) is 30.5. The van der Waals surface area contributed by atoms with E-state index < -0.39 is 5.97 Å². The second kappa shape index (κ2) is 12.8. The van der Waals surface area contributed by atoms with Gasteiger partial charge in [-0.2, -0.15) is 0 Å². The molecule has 1 unspecified atom stereocenters. The maximum atomic E-state index is 12.9. The third kappa shape index (κ3) is 6.69. The average Bonchev–Trinajstić information content (AvgIpc) is 3.46. The number of thiazole rings is 1. The summed E-state index contributed by atoms with van der Waals surface area (Å²) < 4.78 is 6.34. The molecular weight excluding hydrogens is 564 g/mol. The van der Waals surface area contributed by atoms with Crippen molar-refractivity contribution in [1.82, 2.24) is 14.8 Å². The van der Waals surface area contributed by atoms with Gasteiger partial charge in [0, 0.05) is 50.7 Å². The third-order valence-corrected chi connectivity index (χ3v) is 9.63. The number of aliphatic carboxylic acids is 1.